The van der Waals surface area contributed by atoms with Gasteiger partial charge in [-0.15, -0.1) is 0 Å². The Kier molecular flexibility index (Phi) is 3.57. The van der Waals surface area contributed by atoms with Crippen LogP contribution in [-0.2, 0) is 4.74 Å². The Labute approximate surface area is 76.5 Å². The minimum absolute atomic E-state index is 0.0552. The Bertz CT molecular complexity index is 119. The fourth-order valence-electron chi connectivity index (χ4n) is 1.53. The molecular formula is C11H22O. The van der Waals surface area contributed by atoms with Crippen LogP contribution >= 0.6 is 0 Å². The van der Waals surface area contributed by atoms with E-state index in [0.29, 0.717) is 0 Å². The molecule has 1 nitrogen and oxygen atoms in total. The third-order valence-corrected chi connectivity index (χ3v) is 2.52. The van der Waals surface area contributed by atoms with Crippen molar-refractivity contribution in [2.45, 2.75) is 58.5 Å². The Balaban J connectivity index is 1.88. The summed E-state index contributed by atoms with van der Waals surface area (Å²) in [5.41, 5.74) is 0.0552. The molecule has 12 heavy (non-hydrogen) atoms. The average Bonchev–Trinajstić information content (AvgIpc) is 1.80. The third-order valence-electron chi connectivity index (χ3n) is 2.52. The van der Waals surface area contributed by atoms with Crippen molar-refractivity contribution in [1.29, 1.82) is 0 Å². The van der Waals surface area contributed by atoms with Gasteiger partial charge in [-0.3, -0.25) is 0 Å². The molecule has 1 fully saturated rings. The van der Waals surface area contributed by atoms with E-state index in [1.807, 2.05) is 0 Å². The largest absolute Gasteiger partial charge is 0.376 e. The van der Waals surface area contributed by atoms with Gasteiger partial charge in [0.15, 0.2) is 0 Å². The fourth-order valence-corrected chi connectivity index (χ4v) is 1.53. The van der Waals surface area contributed by atoms with Gasteiger partial charge in [0.05, 0.1) is 5.60 Å². The van der Waals surface area contributed by atoms with E-state index >= 15 is 0 Å². The van der Waals surface area contributed by atoms with Gasteiger partial charge in [0.2, 0.25) is 0 Å². The predicted molar refractivity (Wildman–Crippen MR) is 52.3 cm³/mol. The monoisotopic (exact) mass is 170 g/mol. The molecule has 0 amide bonds. The van der Waals surface area contributed by atoms with Gasteiger partial charge in [-0.2, -0.15) is 0 Å². The quantitative estimate of drug-likeness (QED) is 0.588. The van der Waals surface area contributed by atoms with E-state index in [0.717, 1.165) is 12.5 Å². The van der Waals surface area contributed by atoms with Crippen LogP contribution in [-0.4, -0.2) is 12.2 Å². The van der Waals surface area contributed by atoms with Crippen molar-refractivity contribution in [2.24, 2.45) is 5.92 Å². The summed E-state index contributed by atoms with van der Waals surface area (Å²) in [7, 11) is 0. The van der Waals surface area contributed by atoms with Gasteiger partial charge >= 0.3 is 0 Å². The maximum atomic E-state index is 5.65. The van der Waals surface area contributed by atoms with Crippen molar-refractivity contribution < 1.29 is 4.74 Å². The molecule has 0 radical (unpaired) electrons. The summed E-state index contributed by atoms with van der Waals surface area (Å²) in [6, 6.07) is 0. The van der Waals surface area contributed by atoms with Crippen LogP contribution in [0, 0.1) is 5.92 Å². The maximum Gasteiger partial charge on any atom is 0.0598 e. The molecular weight excluding hydrogens is 148 g/mol. The number of ether oxygens (including phenoxy) is 1. The van der Waals surface area contributed by atoms with Gasteiger partial charge in [0, 0.05) is 6.61 Å². The van der Waals surface area contributed by atoms with Gasteiger partial charge < -0.3 is 4.74 Å². The van der Waals surface area contributed by atoms with Gasteiger partial charge in [0.1, 0.15) is 0 Å². The molecule has 1 saturated carbocycles. The summed E-state index contributed by atoms with van der Waals surface area (Å²) in [6.45, 7) is 7.31. The van der Waals surface area contributed by atoms with E-state index in [2.05, 4.69) is 20.8 Å². The van der Waals surface area contributed by atoms with Crippen molar-refractivity contribution in [3.8, 4) is 0 Å². The summed E-state index contributed by atoms with van der Waals surface area (Å²) in [5.74, 6) is 1.04. The predicted octanol–water partition coefficient (Wildman–Crippen LogP) is 3.38. The molecule has 1 heteroatoms. The average molecular weight is 170 g/mol. The summed E-state index contributed by atoms with van der Waals surface area (Å²) in [4.78, 5) is 0. The molecule has 0 unspecified atom stereocenters. The van der Waals surface area contributed by atoms with Crippen LogP contribution in [0.2, 0.25) is 0 Å². The summed E-state index contributed by atoms with van der Waals surface area (Å²) >= 11 is 0. The van der Waals surface area contributed by atoms with E-state index in [1.54, 1.807) is 0 Å². The molecule has 0 saturated heterocycles. The van der Waals surface area contributed by atoms with Crippen LogP contribution in [0.15, 0.2) is 0 Å². The molecule has 1 aliphatic rings. The number of hydrogen-bond donors (Lipinski definition) is 0. The second kappa shape index (κ2) is 4.27. The molecule has 0 bridgehead atoms. The molecule has 0 heterocycles. The van der Waals surface area contributed by atoms with Crippen molar-refractivity contribution in [2.75, 3.05) is 6.61 Å². The van der Waals surface area contributed by atoms with Crippen molar-refractivity contribution in [1.82, 2.24) is 0 Å². The highest BCUT2D eigenvalue weighted by molar-refractivity contribution is 4.69. The third kappa shape index (κ3) is 4.10. The van der Waals surface area contributed by atoms with Gasteiger partial charge in [-0.25, -0.2) is 0 Å². The molecule has 0 aromatic heterocycles. The molecule has 0 aromatic carbocycles. The lowest BCUT2D eigenvalue weighted by atomic mass is 9.82. The Morgan fingerprint density at radius 3 is 2.33 bits per heavy atom. The minimum Gasteiger partial charge on any atom is -0.376 e. The molecule has 1 aliphatic carbocycles. The Morgan fingerprint density at radius 2 is 1.92 bits per heavy atom. The SMILES string of the molecule is CC(C)(C)OCCCC1CCC1. The van der Waals surface area contributed by atoms with Gasteiger partial charge in [-0.1, -0.05) is 19.3 Å². The lowest BCUT2D eigenvalue weighted by molar-refractivity contribution is -0.00699. The van der Waals surface area contributed by atoms with E-state index in [-0.39, 0.29) is 5.60 Å². The molecule has 0 atom stereocenters. The molecule has 0 spiro atoms. The van der Waals surface area contributed by atoms with E-state index in [4.69, 9.17) is 4.74 Å². The normalized spacial score (nSPS) is 19.2. The van der Waals surface area contributed by atoms with Crippen molar-refractivity contribution in [3.63, 3.8) is 0 Å². The van der Waals surface area contributed by atoms with Crippen molar-refractivity contribution in [3.05, 3.63) is 0 Å². The minimum atomic E-state index is 0.0552. The maximum absolute atomic E-state index is 5.65. The van der Waals surface area contributed by atoms with E-state index in [1.165, 1.54) is 32.1 Å². The fraction of sp³-hybridized carbons (Fsp3) is 1.00. The molecule has 1 rings (SSSR count). The summed E-state index contributed by atoms with van der Waals surface area (Å²) in [5, 5.41) is 0. The zero-order valence-corrected chi connectivity index (χ0v) is 8.73. The second-order valence-corrected chi connectivity index (χ2v) is 4.90. The van der Waals surface area contributed by atoms with Crippen molar-refractivity contribution >= 4 is 0 Å². The van der Waals surface area contributed by atoms with Crippen LogP contribution in [0.5, 0.6) is 0 Å². The highest BCUT2D eigenvalue weighted by atomic mass is 16.5. The van der Waals surface area contributed by atoms with Crippen LogP contribution in [0.1, 0.15) is 52.9 Å². The highest BCUT2D eigenvalue weighted by Crippen LogP contribution is 2.30. The Morgan fingerprint density at radius 1 is 1.25 bits per heavy atom. The first kappa shape index (κ1) is 10.0. The van der Waals surface area contributed by atoms with Crippen LogP contribution < -0.4 is 0 Å². The molecule has 72 valence electrons. The van der Waals surface area contributed by atoms with E-state index < -0.39 is 0 Å². The zero-order chi connectivity index (χ0) is 9.03. The highest BCUT2D eigenvalue weighted by Gasteiger charge is 2.17. The first-order chi connectivity index (χ1) is 5.58. The molecule has 0 aliphatic heterocycles. The molecule has 0 aromatic rings. The number of rotatable bonds is 4. The van der Waals surface area contributed by atoms with Crippen LogP contribution in [0.4, 0.5) is 0 Å². The second-order valence-electron chi connectivity index (χ2n) is 4.90. The van der Waals surface area contributed by atoms with Crippen LogP contribution in [0.25, 0.3) is 0 Å². The smallest absolute Gasteiger partial charge is 0.0598 e. The molecule has 0 N–H and O–H groups in total. The first-order valence-corrected chi connectivity index (χ1v) is 5.22. The lowest BCUT2D eigenvalue weighted by Gasteiger charge is -2.26. The number of hydrogen-bond acceptors (Lipinski definition) is 1. The topological polar surface area (TPSA) is 9.23 Å². The lowest BCUT2D eigenvalue weighted by Crippen LogP contribution is -2.20. The zero-order valence-electron chi connectivity index (χ0n) is 8.73. The van der Waals surface area contributed by atoms with Crippen LogP contribution in [0.3, 0.4) is 0 Å². The summed E-state index contributed by atoms with van der Waals surface area (Å²) in [6.07, 6.45) is 7.04. The Hall–Kier alpha value is -0.0400. The van der Waals surface area contributed by atoms with E-state index in [9.17, 15) is 0 Å². The first-order valence-electron chi connectivity index (χ1n) is 5.22. The summed E-state index contributed by atoms with van der Waals surface area (Å²) < 4.78 is 5.65. The van der Waals surface area contributed by atoms with Gasteiger partial charge in [0.25, 0.3) is 0 Å². The standard InChI is InChI=1S/C11H22O/c1-11(2,3)12-9-5-8-10-6-4-7-10/h10H,4-9H2,1-3H3. The van der Waals surface area contributed by atoms with Gasteiger partial charge in [-0.05, 0) is 39.5 Å².